The molecule has 0 atom stereocenters. The quantitative estimate of drug-likeness (QED) is 0.697. The second-order valence-electron chi connectivity index (χ2n) is 6.48. The number of alkyl halides is 3. The first-order valence-electron chi connectivity index (χ1n) is 8.47. The highest BCUT2D eigenvalue weighted by molar-refractivity contribution is 5.94. The first-order chi connectivity index (χ1) is 13.3. The number of hydrogen-bond donors (Lipinski definition) is 1. The molecule has 0 unspecified atom stereocenters. The lowest BCUT2D eigenvalue weighted by atomic mass is 10.0. The van der Waals surface area contributed by atoms with Gasteiger partial charge in [0.1, 0.15) is 17.2 Å². The average molecular weight is 390 g/mol. The molecule has 0 radical (unpaired) electrons. The van der Waals surface area contributed by atoms with Gasteiger partial charge < -0.3 is 9.88 Å². The van der Waals surface area contributed by atoms with Crippen molar-refractivity contribution in [3.8, 4) is 11.4 Å². The van der Waals surface area contributed by atoms with Crippen LogP contribution in [-0.4, -0.2) is 27.2 Å². The molecule has 0 spiro atoms. The molecular weight excluding hydrogens is 376 g/mol. The van der Waals surface area contributed by atoms with E-state index in [1.54, 1.807) is 18.2 Å². The minimum atomic E-state index is -4.62. The number of fused-ring (bicyclic) bond motifs is 1. The van der Waals surface area contributed by atoms with Gasteiger partial charge in [-0.2, -0.15) is 18.3 Å². The van der Waals surface area contributed by atoms with Crippen LogP contribution in [0.15, 0.2) is 42.6 Å². The number of aromatic nitrogens is 3. The van der Waals surface area contributed by atoms with Crippen molar-refractivity contribution in [3.63, 3.8) is 0 Å². The van der Waals surface area contributed by atoms with E-state index in [0.717, 1.165) is 12.1 Å². The Morgan fingerprint density at radius 2 is 1.86 bits per heavy atom. The summed E-state index contributed by atoms with van der Waals surface area (Å²) in [5.41, 5.74) is 1.42. The standard InChI is InChI=1S/C19H14F4N4O/c20-14-7-11(6-13(9-14)19(21,22)23)5-12-8-15(26-25-10-12)16-1-2-17-18(28)24-3-4-27(16)17/h1-2,6-10H,3-5H2,(H,24,28). The highest BCUT2D eigenvalue weighted by Gasteiger charge is 2.31. The Balaban J connectivity index is 1.66. The third-order valence-corrected chi connectivity index (χ3v) is 4.50. The summed E-state index contributed by atoms with van der Waals surface area (Å²) >= 11 is 0. The molecule has 0 aliphatic carbocycles. The predicted molar refractivity (Wildman–Crippen MR) is 92.0 cm³/mol. The monoisotopic (exact) mass is 390 g/mol. The Morgan fingerprint density at radius 3 is 2.64 bits per heavy atom. The van der Waals surface area contributed by atoms with Gasteiger partial charge in [0.2, 0.25) is 0 Å². The number of nitrogens with one attached hydrogen (secondary N) is 1. The van der Waals surface area contributed by atoms with Crippen LogP contribution in [0.5, 0.6) is 0 Å². The zero-order valence-electron chi connectivity index (χ0n) is 14.4. The molecule has 28 heavy (non-hydrogen) atoms. The summed E-state index contributed by atoms with van der Waals surface area (Å²) in [6.45, 7) is 1.07. The Bertz CT molecular complexity index is 1060. The second-order valence-corrected chi connectivity index (χ2v) is 6.48. The van der Waals surface area contributed by atoms with E-state index in [9.17, 15) is 22.4 Å². The minimum Gasteiger partial charge on any atom is -0.349 e. The lowest BCUT2D eigenvalue weighted by Gasteiger charge is -2.18. The lowest BCUT2D eigenvalue weighted by molar-refractivity contribution is -0.137. The Labute approximate surface area is 157 Å². The highest BCUT2D eigenvalue weighted by atomic mass is 19.4. The maximum atomic E-state index is 13.6. The zero-order valence-corrected chi connectivity index (χ0v) is 14.4. The molecule has 2 aromatic heterocycles. The number of nitrogens with zero attached hydrogens (tertiary/aromatic N) is 3. The first-order valence-corrected chi connectivity index (χ1v) is 8.47. The molecular formula is C19H14F4N4O. The van der Waals surface area contributed by atoms with Crippen molar-refractivity contribution < 1.29 is 22.4 Å². The SMILES string of the molecule is O=C1NCCn2c1ccc2-c1cc(Cc2cc(F)cc(C(F)(F)F)c2)cnn1. The fraction of sp³-hybridized carbons (Fsp3) is 0.211. The molecule has 0 saturated carbocycles. The lowest BCUT2D eigenvalue weighted by Crippen LogP contribution is -2.35. The molecule has 1 N–H and O–H groups in total. The zero-order chi connectivity index (χ0) is 19.9. The topological polar surface area (TPSA) is 59.8 Å². The molecule has 3 heterocycles. The van der Waals surface area contributed by atoms with E-state index in [1.807, 2.05) is 4.57 Å². The third kappa shape index (κ3) is 3.47. The van der Waals surface area contributed by atoms with Gasteiger partial charge in [0.15, 0.2) is 0 Å². The van der Waals surface area contributed by atoms with Crippen molar-refractivity contribution in [2.24, 2.45) is 0 Å². The summed E-state index contributed by atoms with van der Waals surface area (Å²) in [5, 5.41) is 10.7. The highest BCUT2D eigenvalue weighted by Crippen LogP contribution is 2.31. The molecule has 0 fully saturated rings. The molecule has 1 aromatic carbocycles. The fourth-order valence-electron chi connectivity index (χ4n) is 3.28. The molecule has 4 rings (SSSR count). The van der Waals surface area contributed by atoms with Crippen LogP contribution in [0.2, 0.25) is 0 Å². The number of benzene rings is 1. The number of amides is 1. The van der Waals surface area contributed by atoms with Crippen molar-refractivity contribution >= 4 is 5.91 Å². The number of hydrogen-bond acceptors (Lipinski definition) is 3. The summed E-state index contributed by atoms with van der Waals surface area (Å²) in [5.74, 6) is -1.13. The summed E-state index contributed by atoms with van der Waals surface area (Å²) in [6, 6.07) is 7.57. The third-order valence-electron chi connectivity index (χ3n) is 4.50. The van der Waals surface area contributed by atoms with Crippen molar-refractivity contribution in [2.45, 2.75) is 19.1 Å². The largest absolute Gasteiger partial charge is 0.416 e. The van der Waals surface area contributed by atoms with E-state index in [0.29, 0.717) is 41.8 Å². The van der Waals surface area contributed by atoms with Crippen molar-refractivity contribution in [3.05, 3.63) is 70.8 Å². The molecule has 1 amide bonds. The Kier molecular flexibility index (Phi) is 4.37. The van der Waals surface area contributed by atoms with Crippen LogP contribution >= 0.6 is 0 Å². The van der Waals surface area contributed by atoms with E-state index in [-0.39, 0.29) is 17.9 Å². The minimum absolute atomic E-state index is 0.0669. The van der Waals surface area contributed by atoms with Gasteiger partial charge in [-0.3, -0.25) is 4.79 Å². The maximum Gasteiger partial charge on any atom is 0.416 e. The molecule has 144 valence electrons. The number of rotatable bonds is 3. The molecule has 9 heteroatoms. The number of halogens is 4. The summed E-state index contributed by atoms with van der Waals surface area (Å²) < 4.78 is 54.1. The van der Waals surface area contributed by atoms with E-state index >= 15 is 0 Å². The molecule has 1 aliphatic heterocycles. The Morgan fingerprint density at radius 1 is 1.07 bits per heavy atom. The summed E-state index contributed by atoms with van der Waals surface area (Å²) in [6.07, 6.45) is -3.13. The van der Waals surface area contributed by atoms with Gasteiger partial charge in [0.05, 0.1) is 17.5 Å². The van der Waals surface area contributed by atoms with Crippen LogP contribution in [0.4, 0.5) is 17.6 Å². The van der Waals surface area contributed by atoms with Crippen LogP contribution in [0.1, 0.15) is 27.2 Å². The van der Waals surface area contributed by atoms with Crippen LogP contribution in [0, 0.1) is 5.82 Å². The van der Waals surface area contributed by atoms with E-state index < -0.39 is 17.6 Å². The predicted octanol–water partition coefficient (Wildman–Crippen LogP) is 3.44. The van der Waals surface area contributed by atoms with Gasteiger partial charge in [-0.1, -0.05) is 0 Å². The van der Waals surface area contributed by atoms with E-state index in [1.165, 1.54) is 6.20 Å². The molecule has 5 nitrogen and oxygen atoms in total. The fourth-order valence-corrected chi connectivity index (χ4v) is 3.28. The van der Waals surface area contributed by atoms with Gasteiger partial charge in [0.25, 0.3) is 5.91 Å². The normalized spacial score (nSPS) is 13.9. The number of carbonyl (C=O) groups is 1. The molecule has 3 aromatic rings. The first kappa shape index (κ1) is 18.1. The summed E-state index contributed by atoms with van der Waals surface area (Å²) in [4.78, 5) is 11.9. The van der Waals surface area contributed by atoms with Gasteiger partial charge in [-0.05, 0) is 53.9 Å². The molecule has 1 aliphatic rings. The van der Waals surface area contributed by atoms with Gasteiger partial charge in [-0.25, -0.2) is 4.39 Å². The van der Waals surface area contributed by atoms with E-state index in [2.05, 4.69) is 15.5 Å². The van der Waals surface area contributed by atoms with Crippen LogP contribution in [0.25, 0.3) is 11.4 Å². The van der Waals surface area contributed by atoms with Crippen LogP contribution in [0.3, 0.4) is 0 Å². The summed E-state index contributed by atoms with van der Waals surface area (Å²) in [7, 11) is 0. The second kappa shape index (κ2) is 6.74. The van der Waals surface area contributed by atoms with Crippen molar-refractivity contribution in [1.29, 1.82) is 0 Å². The van der Waals surface area contributed by atoms with Crippen LogP contribution < -0.4 is 5.32 Å². The smallest absolute Gasteiger partial charge is 0.349 e. The van der Waals surface area contributed by atoms with E-state index in [4.69, 9.17) is 0 Å². The van der Waals surface area contributed by atoms with Gasteiger partial charge in [-0.15, -0.1) is 5.10 Å². The van der Waals surface area contributed by atoms with Gasteiger partial charge >= 0.3 is 6.18 Å². The molecule has 0 bridgehead atoms. The van der Waals surface area contributed by atoms with Crippen molar-refractivity contribution in [1.82, 2.24) is 20.1 Å². The Hall–Kier alpha value is -3.23. The van der Waals surface area contributed by atoms with Crippen molar-refractivity contribution in [2.75, 3.05) is 6.54 Å². The molecule has 0 saturated heterocycles. The van der Waals surface area contributed by atoms with Gasteiger partial charge in [0, 0.05) is 13.1 Å². The maximum absolute atomic E-state index is 13.6. The average Bonchev–Trinajstić information content (AvgIpc) is 3.06. The van der Waals surface area contributed by atoms with Crippen LogP contribution in [-0.2, 0) is 19.1 Å². The number of carbonyl (C=O) groups excluding carboxylic acids is 1.